The van der Waals surface area contributed by atoms with Crippen molar-refractivity contribution < 1.29 is 9.59 Å². The van der Waals surface area contributed by atoms with Crippen molar-refractivity contribution in [3.05, 3.63) is 29.8 Å². The van der Waals surface area contributed by atoms with Gasteiger partial charge in [0.1, 0.15) is 0 Å². The predicted molar refractivity (Wildman–Crippen MR) is 89.1 cm³/mol. The van der Waals surface area contributed by atoms with Gasteiger partial charge in [-0.1, -0.05) is 17.7 Å². The number of hydrogen-bond acceptors (Lipinski definition) is 3. The first-order valence-electron chi connectivity index (χ1n) is 8.19. The number of aryl methyl sites for hydroxylation is 1. The maximum absolute atomic E-state index is 12.2. The minimum Gasteiger partial charge on any atom is -0.369 e. The van der Waals surface area contributed by atoms with Crippen LogP contribution in [0.1, 0.15) is 18.4 Å². The number of anilines is 1. The molecule has 2 aliphatic heterocycles. The van der Waals surface area contributed by atoms with Gasteiger partial charge in [0, 0.05) is 30.7 Å². The highest BCUT2D eigenvalue weighted by Crippen LogP contribution is 2.23. The molecule has 1 aromatic carbocycles. The largest absolute Gasteiger partial charge is 0.369 e. The molecular weight excluding hydrogens is 292 g/mol. The molecule has 3 amide bonds. The van der Waals surface area contributed by atoms with Crippen LogP contribution in [0.3, 0.4) is 0 Å². The van der Waals surface area contributed by atoms with Gasteiger partial charge < -0.3 is 16.0 Å². The molecule has 2 heterocycles. The number of nitrogens with two attached hydrogens (primary N) is 1. The first kappa shape index (κ1) is 15.8. The fourth-order valence-electron chi connectivity index (χ4n) is 3.24. The summed E-state index contributed by atoms with van der Waals surface area (Å²) in [7, 11) is 0. The molecule has 0 bridgehead atoms. The predicted octanol–water partition coefficient (Wildman–Crippen LogP) is 1.41. The summed E-state index contributed by atoms with van der Waals surface area (Å²) in [4.78, 5) is 27.6. The number of carbonyl (C=O) groups excluding carboxylic acids is 2. The van der Waals surface area contributed by atoms with Crippen LogP contribution in [0, 0.1) is 12.8 Å². The fraction of sp³-hybridized carbons (Fsp3) is 0.529. The van der Waals surface area contributed by atoms with Gasteiger partial charge >= 0.3 is 6.03 Å². The van der Waals surface area contributed by atoms with Crippen molar-refractivity contribution in [3.8, 4) is 0 Å². The molecule has 124 valence electrons. The maximum Gasteiger partial charge on any atom is 0.321 e. The van der Waals surface area contributed by atoms with Gasteiger partial charge in [0.2, 0.25) is 5.91 Å². The maximum atomic E-state index is 12.2. The quantitative estimate of drug-likeness (QED) is 0.885. The average Bonchev–Trinajstić information content (AvgIpc) is 2.48. The van der Waals surface area contributed by atoms with Gasteiger partial charge in [-0.25, -0.2) is 4.79 Å². The highest BCUT2D eigenvalue weighted by molar-refractivity contribution is 5.89. The van der Waals surface area contributed by atoms with Crippen LogP contribution in [0.5, 0.6) is 0 Å². The van der Waals surface area contributed by atoms with Crippen molar-refractivity contribution in [2.75, 3.05) is 31.5 Å². The molecule has 3 rings (SSSR count). The summed E-state index contributed by atoms with van der Waals surface area (Å²) in [5.41, 5.74) is 7.36. The minimum absolute atomic E-state index is 0.0206. The zero-order valence-electron chi connectivity index (χ0n) is 13.5. The first-order valence-corrected chi connectivity index (χ1v) is 8.19. The lowest BCUT2D eigenvalue weighted by atomic mass is 9.94. The van der Waals surface area contributed by atoms with Gasteiger partial charge in [-0.05, 0) is 45.0 Å². The summed E-state index contributed by atoms with van der Waals surface area (Å²) in [6.07, 6.45) is 1.67. The molecule has 6 heteroatoms. The Morgan fingerprint density at radius 1 is 1.13 bits per heavy atom. The third kappa shape index (κ3) is 3.64. The average molecular weight is 316 g/mol. The Labute approximate surface area is 136 Å². The van der Waals surface area contributed by atoms with E-state index in [-0.39, 0.29) is 17.9 Å². The monoisotopic (exact) mass is 316 g/mol. The van der Waals surface area contributed by atoms with E-state index in [1.165, 1.54) is 5.56 Å². The third-order valence-corrected chi connectivity index (χ3v) is 4.90. The van der Waals surface area contributed by atoms with Crippen LogP contribution in [0.15, 0.2) is 24.3 Å². The second kappa shape index (κ2) is 6.58. The van der Waals surface area contributed by atoms with Crippen molar-refractivity contribution in [1.82, 2.24) is 9.80 Å². The molecule has 0 atom stereocenters. The molecule has 0 saturated carbocycles. The summed E-state index contributed by atoms with van der Waals surface area (Å²) in [5, 5.41) is 2.92. The van der Waals surface area contributed by atoms with Gasteiger partial charge in [-0.2, -0.15) is 0 Å². The van der Waals surface area contributed by atoms with Gasteiger partial charge in [-0.3, -0.25) is 9.69 Å². The molecule has 0 unspecified atom stereocenters. The van der Waals surface area contributed by atoms with Crippen LogP contribution in [-0.2, 0) is 4.79 Å². The van der Waals surface area contributed by atoms with Crippen molar-refractivity contribution in [2.45, 2.75) is 25.8 Å². The molecule has 0 radical (unpaired) electrons. The normalized spacial score (nSPS) is 20.1. The number of primary amides is 1. The number of piperidine rings is 1. The second-order valence-corrected chi connectivity index (χ2v) is 6.57. The number of likely N-dealkylation sites (tertiary alicyclic amines) is 2. The Morgan fingerprint density at radius 2 is 1.74 bits per heavy atom. The smallest absolute Gasteiger partial charge is 0.321 e. The van der Waals surface area contributed by atoms with Crippen molar-refractivity contribution in [1.29, 1.82) is 0 Å². The van der Waals surface area contributed by atoms with E-state index in [1.54, 1.807) is 0 Å². The third-order valence-electron chi connectivity index (χ3n) is 4.90. The molecule has 0 aromatic heterocycles. The van der Waals surface area contributed by atoms with E-state index in [9.17, 15) is 9.59 Å². The number of nitrogens with zero attached hydrogens (tertiary/aromatic N) is 2. The Morgan fingerprint density at radius 3 is 2.30 bits per heavy atom. The fourth-order valence-corrected chi connectivity index (χ4v) is 3.24. The lowest BCUT2D eigenvalue weighted by Gasteiger charge is -2.47. The summed E-state index contributed by atoms with van der Waals surface area (Å²) < 4.78 is 0. The Kier molecular flexibility index (Phi) is 4.52. The summed E-state index contributed by atoms with van der Waals surface area (Å²) in [6.45, 7) is 5.31. The Bertz CT molecular complexity index is 573. The first-order chi connectivity index (χ1) is 11.0. The van der Waals surface area contributed by atoms with Crippen molar-refractivity contribution in [2.24, 2.45) is 11.7 Å². The summed E-state index contributed by atoms with van der Waals surface area (Å²) >= 11 is 0. The summed E-state index contributed by atoms with van der Waals surface area (Å²) in [6, 6.07) is 8.16. The highest BCUT2D eigenvalue weighted by atomic mass is 16.2. The molecule has 2 saturated heterocycles. The zero-order chi connectivity index (χ0) is 16.4. The van der Waals surface area contributed by atoms with Crippen LogP contribution >= 0.6 is 0 Å². The topological polar surface area (TPSA) is 78.7 Å². The number of benzene rings is 1. The number of rotatable bonds is 3. The number of urea groups is 1. The number of amides is 3. The van der Waals surface area contributed by atoms with Crippen LogP contribution in [0.2, 0.25) is 0 Å². The molecule has 1 aromatic rings. The van der Waals surface area contributed by atoms with Crippen molar-refractivity contribution in [3.63, 3.8) is 0 Å². The molecular formula is C17H24N4O2. The second-order valence-electron chi connectivity index (χ2n) is 6.57. The van der Waals surface area contributed by atoms with Gasteiger partial charge in [0.25, 0.3) is 0 Å². The van der Waals surface area contributed by atoms with Crippen LogP contribution < -0.4 is 11.1 Å². The van der Waals surface area contributed by atoms with E-state index in [1.807, 2.05) is 36.1 Å². The highest BCUT2D eigenvalue weighted by Gasteiger charge is 2.37. The van der Waals surface area contributed by atoms with E-state index in [0.717, 1.165) is 44.7 Å². The van der Waals surface area contributed by atoms with E-state index in [0.29, 0.717) is 6.04 Å². The minimum atomic E-state index is -0.183. The van der Waals surface area contributed by atoms with Gasteiger partial charge in [0.15, 0.2) is 0 Å². The Hall–Kier alpha value is -2.08. The van der Waals surface area contributed by atoms with Crippen LogP contribution in [-0.4, -0.2) is 54.0 Å². The molecule has 0 spiro atoms. The van der Waals surface area contributed by atoms with Gasteiger partial charge in [0.05, 0.1) is 0 Å². The molecule has 6 nitrogen and oxygen atoms in total. The molecule has 23 heavy (non-hydrogen) atoms. The Balaban J connectivity index is 1.43. The van der Waals surface area contributed by atoms with E-state index >= 15 is 0 Å². The zero-order valence-corrected chi connectivity index (χ0v) is 13.5. The molecule has 2 aliphatic rings. The number of nitrogens with one attached hydrogen (secondary N) is 1. The number of carbonyl (C=O) groups is 2. The van der Waals surface area contributed by atoms with E-state index < -0.39 is 0 Å². The lowest BCUT2D eigenvalue weighted by Crippen LogP contribution is -2.63. The molecule has 3 N–H and O–H groups in total. The molecule has 2 fully saturated rings. The SMILES string of the molecule is Cc1ccc(NC(=O)N2CC(N3CCC(C(N)=O)CC3)C2)cc1. The lowest BCUT2D eigenvalue weighted by molar-refractivity contribution is -0.123. The molecule has 0 aliphatic carbocycles. The summed E-state index contributed by atoms with van der Waals surface area (Å²) in [5.74, 6) is -0.162. The number of hydrogen-bond donors (Lipinski definition) is 2. The van der Waals surface area contributed by atoms with Crippen LogP contribution in [0.25, 0.3) is 0 Å². The van der Waals surface area contributed by atoms with E-state index in [2.05, 4.69) is 10.2 Å². The standard InChI is InChI=1S/C17H24N4O2/c1-12-2-4-14(5-3-12)19-17(23)21-10-15(11-21)20-8-6-13(7-9-20)16(18)22/h2-5,13,15H,6-11H2,1H3,(H2,18,22)(H,19,23). The van der Waals surface area contributed by atoms with Crippen LogP contribution in [0.4, 0.5) is 10.5 Å². The van der Waals surface area contributed by atoms with E-state index in [4.69, 9.17) is 5.73 Å². The van der Waals surface area contributed by atoms with Crippen molar-refractivity contribution >= 4 is 17.6 Å². The van der Waals surface area contributed by atoms with Gasteiger partial charge in [-0.15, -0.1) is 0 Å².